The van der Waals surface area contributed by atoms with Crippen LogP contribution in [0.15, 0.2) is 49.6 Å². The fraction of sp³-hybridized carbons (Fsp3) is 0.389. The number of hydrogen-bond donors (Lipinski definition) is 0. The summed E-state index contributed by atoms with van der Waals surface area (Å²) in [6.45, 7) is 10.2. The number of ketones is 1. The summed E-state index contributed by atoms with van der Waals surface area (Å²) in [5.41, 5.74) is -0.206. The molecule has 0 aromatic heterocycles. The van der Waals surface area contributed by atoms with E-state index in [0.717, 1.165) is 0 Å². The average molecular weight is 303 g/mol. The van der Waals surface area contributed by atoms with Crippen molar-refractivity contribution in [1.82, 2.24) is 4.90 Å². The molecule has 0 radical (unpaired) electrons. The normalized spacial score (nSPS) is 16.2. The number of ether oxygens (including phenoxy) is 1. The van der Waals surface area contributed by atoms with Crippen LogP contribution in [0.3, 0.4) is 0 Å². The molecule has 22 heavy (non-hydrogen) atoms. The Morgan fingerprint density at radius 3 is 2.23 bits per heavy atom. The third-order valence-corrected chi connectivity index (χ3v) is 4.11. The van der Waals surface area contributed by atoms with Crippen LogP contribution in [0.5, 0.6) is 0 Å². The van der Waals surface area contributed by atoms with Crippen molar-refractivity contribution in [2.75, 3.05) is 26.3 Å². The van der Waals surface area contributed by atoms with Crippen molar-refractivity contribution in [2.45, 2.75) is 18.4 Å². The number of morpholine rings is 1. The Bertz CT molecular complexity index is 523. The first-order valence-electron chi connectivity index (χ1n) is 7.49. The van der Waals surface area contributed by atoms with Gasteiger partial charge in [0.1, 0.15) is 5.82 Å². The molecule has 118 valence electrons. The Morgan fingerprint density at radius 1 is 1.18 bits per heavy atom. The second kappa shape index (κ2) is 7.47. The minimum absolute atomic E-state index is 0.0193. The van der Waals surface area contributed by atoms with Gasteiger partial charge in [-0.3, -0.25) is 9.69 Å². The Hall–Kier alpha value is -1.78. The van der Waals surface area contributed by atoms with Crippen molar-refractivity contribution in [3.05, 3.63) is 61.0 Å². The molecule has 1 heterocycles. The third kappa shape index (κ3) is 3.34. The number of rotatable bonds is 7. The van der Waals surface area contributed by atoms with E-state index in [-0.39, 0.29) is 11.6 Å². The van der Waals surface area contributed by atoms with Gasteiger partial charge in [-0.05, 0) is 37.1 Å². The number of nitrogens with zero attached hydrogens (tertiary/aromatic N) is 1. The summed E-state index contributed by atoms with van der Waals surface area (Å²) in [5.74, 6) is -0.366. The van der Waals surface area contributed by atoms with Crippen LogP contribution in [0.4, 0.5) is 4.39 Å². The molecule has 0 bridgehead atoms. The topological polar surface area (TPSA) is 29.5 Å². The molecular weight excluding hydrogens is 281 g/mol. The third-order valence-electron chi connectivity index (χ3n) is 4.11. The maximum absolute atomic E-state index is 13.2. The lowest BCUT2D eigenvalue weighted by atomic mass is 9.81. The van der Waals surface area contributed by atoms with E-state index in [1.165, 1.54) is 12.1 Å². The zero-order valence-electron chi connectivity index (χ0n) is 12.8. The molecule has 1 aromatic rings. The molecule has 0 N–H and O–H groups in total. The first kappa shape index (κ1) is 16.6. The summed E-state index contributed by atoms with van der Waals surface area (Å²) in [5, 5.41) is 0. The molecule has 0 atom stereocenters. The summed E-state index contributed by atoms with van der Waals surface area (Å²) >= 11 is 0. The molecule has 1 aliphatic heterocycles. The number of carbonyl (C=O) groups is 1. The summed E-state index contributed by atoms with van der Waals surface area (Å²) in [4.78, 5) is 15.3. The number of halogens is 1. The maximum Gasteiger partial charge on any atom is 0.183 e. The van der Waals surface area contributed by atoms with Crippen LogP contribution in [0.1, 0.15) is 23.2 Å². The van der Waals surface area contributed by atoms with E-state index in [9.17, 15) is 9.18 Å². The van der Waals surface area contributed by atoms with Gasteiger partial charge in [0, 0.05) is 18.7 Å². The van der Waals surface area contributed by atoms with E-state index in [4.69, 9.17) is 4.74 Å². The van der Waals surface area contributed by atoms with Gasteiger partial charge in [0.25, 0.3) is 0 Å². The highest BCUT2D eigenvalue weighted by Crippen LogP contribution is 2.30. The maximum atomic E-state index is 13.2. The fourth-order valence-corrected chi connectivity index (χ4v) is 3.01. The molecule has 0 unspecified atom stereocenters. The van der Waals surface area contributed by atoms with Gasteiger partial charge in [-0.25, -0.2) is 4.39 Å². The second-order valence-corrected chi connectivity index (χ2v) is 5.45. The smallest absolute Gasteiger partial charge is 0.183 e. The highest BCUT2D eigenvalue weighted by molar-refractivity contribution is 6.03. The van der Waals surface area contributed by atoms with Crippen molar-refractivity contribution >= 4 is 5.78 Å². The lowest BCUT2D eigenvalue weighted by molar-refractivity contribution is -0.0134. The monoisotopic (exact) mass is 303 g/mol. The second-order valence-electron chi connectivity index (χ2n) is 5.45. The quantitative estimate of drug-likeness (QED) is 0.572. The highest BCUT2D eigenvalue weighted by atomic mass is 19.1. The lowest BCUT2D eigenvalue weighted by Gasteiger charge is -2.43. The van der Waals surface area contributed by atoms with Gasteiger partial charge in [0.15, 0.2) is 5.78 Å². The Labute approximate surface area is 131 Å². The van der Waals surface area contributed by atoms with Crippen molar-refractivity contribution in [3.63, 3.8) is 0 Å². The van der Waals surface area contributed by atoms with Gasteiger partial charge in [-0.1, -0.05) is 12.2 Å². The van der Waals surface area contributed by atoms with Crippen LogP contribution in [0, 0.1) is 5.82 Å². The standard InChI is InChI=1S/C18H22FNO2/c1-3-9-18(10-4-2,20-11-13-22-14-12-20)17(21)15-5-7-16(19)8-6-15/h3-8H,1-2,9-14H2. The van der Waals surface area contributed by atoms with Gasteiger partial charge in [-0.15, -0.1) is 13.2 Å². The number of Topliss-reactive ketones (excluding diaryl/α,β-unsaturated/α-hetero) is 1. The van der Waals surface area contributed by atoms with E-state index in [1.807, 2.05) is 0 Å². The largest absolute Gasteiger partial charge is 0.379 e. The molecule has 1 saturated heterocycles. The zero-order chi connectivity index (χ0) is 16.0. The molecule has 1 fully saturated rings. The van der Waals surface area contributed by atoms with E-state index < -0.39 is 5.54 Å². The van der Waals surface area contributed by atoms with Crippen LogP contribution >= 0.6 is 0 Å². The number of carbonyl (C=O) groups excluding carboxylic acids is 1. The van der Waals surface area contributed by atoms with Gasteiger partial charge >= 0.3 is 0 Å². The molecule has 0 spiro atoms. The van der Waals surface area contributed by atoms with Gasteiger partial charge < -0.3 is 4.74 Å². The molecule has 1 aliphatic rings. The first-order chi connectivity index (χ1) is 10.6. The SMILES string of the molecule is C=CCC(CC=C)(C(=O)c1ccc(F)cc1)N1CCOCC1. The minimum atomic E-state index is -0.717. The molecule has 0 aliphatic carbocycles. The predicted octanol–water partition coefficient (Wildman–Crippen LogP) is 3.23. The van der Waals surface area contributed by atoms with Crippen LogP contribution in [0.2, 0.25) is 0 Å². The molecule has 2 rings (SSSR count). The van der Waals surface area contributed by atoms with Crippen molar-refractivity contribution in [3.8, 4) is 0 Å². The van der Waals surface area contributed by atoms with Crippen LogP contribution in [0.25, 0.3) is 0 Å². The summed E-state index contributed by atoms with van der Waals surface area (Å²) < 4.78 is 18.5. The summed E-state index contributed by atoms with van der Waals surface area (Å²) in [6, 6.07) is 5.72. The van der Waals surface area contributed by atoms with Gasteiger partial charge in [-0.2, -0.15) is 0 Å². The highest BCUT2D eigenvalue weighted by Gasteiger charge is 2.42. The van der Waals surface area contributed by atoms with Crippen molar-refractivity contribution < 1.29 is 13.9 Å². The van der Waals surface area contributed by atoms with Crippen LogP contribution < -0.4 is 0 Å². The molecule has 4 heteroatoms. The van der Waals surface area contributed by atoms with Crippen LogP contribution in [-0.2, 0) is 4.74 Å². The average Bonchev–Trinajstić information content (AvgIpc) is 2.55. The molecular formula is C18H22FNO2. The fourth-order valence-electron chi connectivity index (χ4n) is 3.01. The van der Waals surface area contributed by atoms with E-state index >= 15 is 0 Å². The van der Waals surface area contributed by atoms with E-state index in [1.54, 1.807) is 24.3 Å². The minimum Gasteiger partial charge on any atom is -0.379 e. The Kier molecular flexibility index (Phi) is 5.63. The Morgan fingerprint density at radius 2 is 1.73 bits per heavy atom. The van der Waals surface area contributed by atoms with Crippen molar-refractivity contribution in [1.29, 1.82) is 0 Å². The van der Waals surface area contributed by atoms with E-state index in [2.05, 4.69) is 18.1 Å². The predicted molar refractivity (Wildman–Crippen MR) is 85.5 cm³/mol. The van der Waals surface area contributed by atoms with Crippen molar-refractivity contribution in [2.24, 2.45) is 0 Å². The lowest BCUT2D eigenvalue weighted by Crippen LogP contribution is -2.57. The van der Waals surface area contributed by atoms with E-state index in [0.29, 0.717) is 44.7 Å². The molecule has 3 nitrogen and oxygen atoms in total. The zero-order valence-corrected chi connectivity index (χ0v) is 12.8. The van der Waals surface area contributed by atoms with Gasteiger partial charge in [0.05, 0.1) is 18.8 Å². The summed E-state index contributed by atoms with van der Waals surface area (Å²) in [6.07, 6.45) is 4.57. The van der Waals surface area contributed by atoms with Crippen LogP contribution in [-0.4, -0.2) is 42.5 Å². The number of hydrogen-bond acceptors (Lipinski definition) is 3. The molecule has 0 amide bonds. The molecule has 0 saturated carbocycles. The van der Waals surface area contributed by atoms with Gasteiger partial charge in [0.2, 0.25) is 0 Å². The Balaban J connectivity index is 2.40. The molecule has 1 aromatic carbocycles. The summed E-state index contributed by atoms with van der Waals surface area (Å²) in [7, 11) is 0. The number of benzene rings is 1. The first-order valence-corrected chi connectivity index (χ1v) is 7.49.